The summed E-state index contributed by atoms with van der Waals surface area (Å²) >= 11 is 0. The van der Waals surface area contributed by atoms with Gasteiger partial charge in [0.05, 0.1) is 6.61 Å². The molecule has 2 N–H and O–H groups in total. The predicted molar refractivity (Wildman–Crippen MR) is 73.3 cm³/mol. The number of hydrogen-bond donors (Lipinski definition) is 1. The molecule has 1 saturated carbocycles. The second kappa shape index (κ2) is 5.29. The van der Waals surface area contributed by atoms with E-state index in [2.05, 4.69) is 17.0 Å². The fourth-order valence-corrected chi connectivity index (χ4v) is 2.82. The molecule has 1 atom stereocenters. The van der Waals surface area contributed by atoms with Gasteiger partial charge in [-0.15, -0.1) is 0 Å². The van der Waals surface area contributed by atoms with Gasteiger partial charge < -0.3 is 10.5 Å². The minimum Gasteiger partial charge on any atom is -0.398 e. The topological polar surface area (TPSA) is 38.5 Å². The van der Waals surface area contributed by atoms with Crippen molar-refractivity contribution in [3.05, 3.63) is 29.8 Å². The highest BCUT2D eigenvalue weighted by Gasteiger charge is 2.34. The zero-order valence-electron chi connectivity index (χ0n) is 10.8. The summed E-state index contributed by atoms with van der Waals surface area (Å²) in [5, 5.41) is 0. The van der Waals surface area contributed by atoms with E-state index in [1.54, 1.807) is 0 Å². The summed E-state index contributed by atoms with van der Waals surface area (Å²) < 4.78 is 5.64. The summed E-state index contributed by atoms with van der Waals surface area (Å²) in [5.41, 5.74) is 8.24. The molecule has 18 heavy (non-hydrogen) atoms. The van der Waals surface area contributed by atoms with Crippen LogP contribution in [0.4, 0.5) is 5.69 Å². The van der Waals surface area contributed by atoms with Gasteiger partial charge in [-0.2, -0.15) is 0 Å². The Bertz CT molecular complexity index is 397. The smallest absolute Gasteiger partial charge is 0.0622 e. The lowest BCUT2D eigenvalue weighted by Gasteiger charge is -2.34. The third kappa shape index (κ3) is 2.68. The lowest BCUT2D eigenvalue weighted by atomic mass is 10.1. The Kier molecular flexibility index (Phi) is 3.52. The van der Waals surface area contributed by atoms with Crippen molar-refractivity contribution in [3.63, 3.8) is 0 Å². The molecule has 0 radical (unpaired) electrons. The lowest BCUT2D eigenvalue weighted by Crippen LogP contribution is -2.42. The first-order valence-electron chi connectivity index (χ1n) is 7.01. The fraction of sp³-hybridized carbons (Fsp3) is 0.600. The normalized spacial score (nSPS) is 24.4. The third-order valence-electron chi connectivity index (χ3n) is 4.03. The summed E-state index contributed by atoms with van der Waals surface area (Å²) in [7, 11) is 0. The predicted octanol–water partition coefficient (Wildman–Crippen LogP) is 2.41. The maximum Gasteiger partial charge on any atom is 0.0622 e. The molecule has 2 aliphatic rings. The fourth-order valence-electron chi connectivity index (χ4n) is 2.82. The molecule has 0 bridgehead atoms. The van der Waals surface area contributed by atoms with Gasteiger partial charge in [-0.3, -0.25) is 4.90 Å². The van der Waals surface area contributed by atoms with Gasteiger partial charge in [0.2, 0.25) is 0 Å². The zero-order valence-corrected chi connectivity index (χ0v) is 10.8. The van der Waals surface area contributed by atoms with Gasteiger partial charge in [-0.05, 0) is 37.3 Å². The summed E-state index contributed by atoms with van der Waals surface area (Å²) in [6.07, 6.45) is 5.13. The lowest BCUT2D eigenvalue weighted by molar-refractivity contribution is 0.0110. The summed E-state index contributed by atoms with van der Waals surface area (Å²) in [5.74, 6) is 0. The molecule has 98 valence electrons. The van der Waals surface area contributed by atoms with Crippen LogP contribution in [0.5, 0.6) is 0 Å². The largest absolute Gasteiger partial charge is 0.398 e. The molecule has 1 heterocycles. The zero-order chi connectivity index (χ0) is 12.4. The molecule has 3 rings (SSSR count). The highest BCUT2D eigenvalue weighted by molar-refractivity contribution is 5.46. The van der Waals surface area contributed by atoms with Crippen LogP contribution < -0.4 is 5.73 Å². The summed E-state index contributed by atoms with van der Waals surface area (Å²) in [4.78, 5) is 2.62. The van der Waals surface area contributed by atoms with Gasteiger partial charge in [0.1, 0.15) is 0 Å². The van der Waals surface area contributed by atoms with E-state index < -0.39 is 0 Å². The average molecular weight is 246 g/mol. The van der Waals surface area contributed by atoms with E-state index >= 15 is 0 Å². The number of rotatable bonds is 4. The molecule has 0 spiro atoms. The maximum absolute atomic E-state index is 6.06. The Hall–Kier alpha value is -1.06. The number of nitrogens with two attached hydrogens (primary N) is 1. The first-order chi connectivity index (χ1) is 8.84. The van der Waals surface area contributed by atoms with Gasteiger partial charge in [-0.25, -0.2) is 0 Å². The molecule has 1 saturated heterocycles. The SMILES string of the molecule is Nc1ccccc1CN(C1CC1)C1CCCOC1. The molecule has 1 aliphatic carbocycles. The second-order valence-corrected chi connectivity index (χ2v) is 5.47. The summed E-state index contributed by atoms with van der Waals surface area (Å²) in [6.45, 7) is 2.80. The van der Waals surface area contributed by atoms with Crippen molar-refractivity contribution in [1.29, 1.82) is 0 Å². The van der Waals surface area contributed by atoms with Crippen LogP contribution in [0.1, 0.15) is 31.2 Å². The van der Waals surface area contributed by atoms with E-state index in [4.69, 9.17) is 10.5 Å². The van der Waals surface area contributed by atoms with E-state index in [-0.39, 0.29) is 0 Å². The molecular weight excluding hydrogens is 224 g/mol. The number of nitrogens with zero attached hydrogens (tertiary/aromatic N) is 1. The van der Waals surface area contributed by atoms with Crippen LogP contribution in [0.25, 0.3) is 0 Å². The van der Waals surface area contributed by atoms with E-state index in [9.17, 15) is 0 Å². The quantitative estimate of drug-likeness (QED) is 0.829. The van der Waals surface area contributed by atoms with Crippen LogP contribution in [-0.2, 0) is 11.3 Å². The van der Waals surface area contributed by atoms with E-state index in [0.29, 0.717) is 6.04 Å². The van der Waals surface area contributed by atoms with Gasteiger partial charge in [0, 0.05) is 30.9 Å². The Labute approximate surface area is 109 Å². The van der Waals surface area contributed by atoms with Crippen LogP contribution in [0.15, 0.2) is 24.3 Å². The number of anilines is 1. The first kappa shape index (κ1) is 12.0. The van der Waals surface area contributed by atoms with Gasteiger partial charge in [0.25, 0.3) is 0 Å². The summed E-state index contributed by atoms with van der Waals surface area (Å²) in [6, 6.07) is 9.58. The standard InChI is InChI=1S/C15H22N2O/c16-15-6-2-1-4-12(15)10-17(13-7-8-13)14-5-3-9-18-11-14/h1-2,4,6,13-14H,3,5,7-11,16H2. The first-order valence-corrected chi connectivity index (χ1v) is 7.01. The molecule has 1 aliphatic heterocycles. The van der Waals surface area contributed by atoms with Crippen molar-refractivity contribution in [3.8, 4) is 0 Å². The maximum atomic E-state index is 6.06. The molecule has 2 fully saturated rings. The number of benzene rings is 1. The number of para-hydroxylation sites is 1. The minimum absolute atomic E-state index is 0.589. The molecule has 3 heteroatoms. The molecular formula is C15H22N2O. The van der Waals surface area contributed by atoms with Gasteiger partial charge in [0.15, 0.2) is 0 Å². The van der Waals surface area contributed by atoms with Crippen LogP contribution in [-0.4, -0.2) is 30.2 Å². The van der Waals surface area contributed by atoms with Gasteiger partial charge in [-0.1, -0.05) is 18.2 Å². The second-order valence-electron chi connectivity index (χ2n) is 5.47. The van der Waals surface area contributed by atoms with E-state index in [1.807, 2.05) is 12.1 Å². The Balaban J connectivity index is 1.72. The van der Waals surface area contributed by atoms with Crippen molar-refractivity contribution in [2.75, 3.05) is 18.9 Å². The van der Waals surface area contributed by atoms with Crippen molar-refractivity contribution >= 4 is 5.69 Å². The van der Waals surface area contributed by atoms with E-state index in [0.717, 1.165) is 31.5 Å². The molecule has 0 aromatic heterocycles. The molecule has 3 nitrogen and oxygen atoms in total. The number of ether oxygens (including phenoxy) is 1. The highest BCUT2D eigenvalue weighted by atomic mass is 16.5. The number of nitrogen functional groups attached to an aromatic ring is 1. The van der Waals surface area contributed by atoms with Crippen molar-refractivity contribution in [2.24, 2.45) is 0 Å². The number of hydrogen-bond acceptors (Lipinski definition) is 3. The van der Waals surface area contributed by atoms with Crippen molar-refractivity contribution in [1.82, 2.24) is 4.90 Å². The van der Waals surface area contributed by atoms with Crippen LogP contribution >= 0.6 is 0 Å². The monoisotopic (exact) mass is 246 g/mol. The minimum atomic E-state index is 0.589. The molecule has 1 aromatic rings. The van der Waals surface area contributed by atoms with Crippen molar-refractivity contribution in [2.45, 2.75) is 44.3 Å². The van der Waals surface area contributed by atoms with Crippen LogP contribution in [0, 0.1) is 0 Å². The molecule has 1 aromatic carbocycles. The molecule has 0 amide bonds. The Morgan fingerprint density at radius 2 is 2.00 bits per heavy atom. The molecule has 1 unspecified atom stereocenters. The van der Waals surface area contributed by atoms with Crippen LogP contribution in [0.3, 0.4) is 0 Å². The van der Waals surface area contributed by atoms with Crippen LogP contribution in [0.2, 0.25) is 0 Å². The van der Waals surface area contributed by atoms with Gasteiger partial charge >= 0.3 is 0 Å². The van der Waals surface area contributed by atoms with E-state index in [1.165, 1.54) is 31.2 Å². The highest BCUT2D eigenvalue weighted by Crippen LogP contribution is 2.33. The van der Waals surface area contributed by atoms with Crippen molar-refractivity contribution < 1.29 is 4.74 Å². The average Bonchev–Trinajstić information content (AvgIpc) is 3.23. The Morgan fingerprint density at radius 1 is 1.17 bits per heavy atom. The third-order valence-corrected chi connectivity index (χ3v) is 4.03. The Morgan fingerprint density at radius 3 is 2.67 bits per heavy atom.